The lowest BCUT2D eigenvalue weighted by Gasteiger charge is -2.13. The van der Waals surface area contributed by atoms with E-state index in [0.29, 0.717) is 29.1 Å². The highest BCUT2D eigenvalue weighted by atomic mass is 79.9. The number of benzene rings is 2. The summed E-state index contributed by atoms with van der Waals surface area (Å²) in [6.07, 6.45) is 2.45. The van der Waals surface area contributed by atoms with Crippen LogP contribution in [0.1, 0.15) is 26.3 Å². The summed E-state index contributed by atoms with van der Waals surface area (Å²) in [5.74, 6) is -0.458. The summed E-state index contributed by atoms with van der Waals surface area (Å²) in [5, 5.41) is 1.61. The number of H-pyrrole nitrogens is 1. The fraction of sp³-hybridized carbons (Fsp3) is 0.111. The zero-order chi connectivity index (χ0) is 16.8. The van der Waals surface area contributed by atoms with Gasteiger partial charge in [0.1, 0.15) is 0 Å². The third-order valence-electron chi connectivity index (χ3n) is 4.30. The minimum absolute atomic E-state index is 0.229. The van der Waals surface area contributed by atoms with Gasteiger partial charge in [0.2, 0.25) is 0 Å². The third kappa shape index (κ3) is 2.27. The number of rotatable bonds is 3. The molecular formula is C18H12BrClN2O2. The molecule has 1 aromatic heterocycles. The number of nitrogens with one attached hydrogen (secondary N) is 1. The van der Waals surface area contributed by atoms with Crippen molar-refractivity contribution in [2.45, 2.75) is 6.42 Å². The number of hydrogen-bond acceptors (Lipinski definition) is 2. The molecule has 0 spiro atoms. The van der Waals surface area contributed by atoms with Crippen molar-refractivity contribution in [2.75, 3.05) is 6.54 Å². The zero-order valence-electron chi connectivity index (χ0n) is 12.5. The zero-order valence-corrected chi connectivity index (χ0v) is 14.8. The van der Waals surface area contributed by atoms with Gasteiger partial charge in [-0.3, -0.25) is 14.5 Å². The number of carbonyl (C=O) groups is 2. The van der Waals surface area contributed by atoms with E-state index in [2.05, 4.69) is 20.9 Å². The molecule has 4 nitrogen and oxygen atoms in total. The van der Waals surface area contributed by atoms with Crippen LogP contribution in [-0.2, 0) is 6.42 Å². The third-order valence-corrected chi connectivity index (χ3v) is 5.67. The first kappa shape index (κ1) is 15.4. The van der Waals surface area contributed by atoms with Gasteiger partial charge in [0.25, 0.3) is 11.8 Å². The van der Waals surface area contributed by atoms with Crippen molar-refractivity contribution in [3.05, 3.63) is 68.8 Å². The summed E-state index contributed by atoms with van der Waals surface area (Å²) >= 11 is 9.68. The lowest BCUT2D eigenvalue weighted by atomic mass is 10.1. The van der Waals surface area contributed by atoms with Crippen molar-refractivity contribution < 1.29 is 9.59 Å². The summed E-state index contributed by atoms with van der Waals surface area (Å²) in [5.41, 5.74) is 2.93. The molecule has 0 saturated carbocycles. The summed E-state index contributed by atoms with van der Waals surface area (Å²) < 4.78 is 0.820. The molecule has 6 heteroatoms. The average Bonchev–Trinajstić information content (AvgIpc) is 3.11. The maximum atomic E-state index is 12.4. The van der Waals surface area contributed by atoms with Gasteiger partial charge in [0.15, 0.2) is 0 Å². The first-order valence-electron chi connectivity index (χ1n) is 7.47. The Balaban J connectivity index is 1.62. The van der Waals surface area contributed by atoms with E-state index in [0.717, 1.165) is 20.9 Å². The standard InChI is InChI=1S/C18H12BrClN2O2/c19-16-13(20)5-6-14-15(16)10(9-21-14)7-8-22-17(23)11-3-1-2-4-12(11)18(22)24/h1-6,9,21H,7-8H2. The van der Waals surface area contributed by atoms with Crippen molar-refractivity contribution in [1.29, 1.82) is 0 Å². The molecule has 24 heavy (non-hydrogen) atoms. The van der Waals surface area contributed by atoms with Crippen LogP contribution in [0.15, 0.2) is 47.1 Å². The van der Waals surface area contributed by atoms with E-state index in [4.69, 9.17) is 11.6 Å². The number of aromatic nitrogens is 1. The maximum absolute atomic E-state index is 12.4. The Bertz CT molecular complexity index is 961. The number of halogens is 2. The van der Waals surface area contributed by atoms with E-state index in [1.807, 2.05) is 18.3 Å². The van der Waals surface area contributed by atoms with Gasteiger partial charge >= 0.3 is 0 Å². The van der Waals surface area contributed by atoms with E-state index in [9.17, 15) is 9.59 Å². The Morgan fingerprint density at radius 2 is 1.71 bits per heavy atom. The summed E-state index contributed by atoms with van der Waals surface area (Å²) in [6, 6.07) is 10.7. The number of aromatic amines is 1. The van der Waals surface area contributed by atoms with E-state index in [1.54, 1.807) is 24.3 Å². The number of nitrogens with zero attached hydrogens (tertiary/aromatic N) is 1. The average molecular weight is 404 g/mol. The predicted octanol–water partition coefficient (Wildman–Crippen LogP) is 4.42. The summed E-state index contributed by atoms with van der Waals surface area (Å²) in [4.78, 5) is 29.3. The second-order valence-corrected chi connectivity index (χ2v) is 6.86. The smallest absolute Gasteiger partial charge is 0.261 e. The van der Waals surface area contributed by atoms with Gasteiger partial charge in [0, 0.05) is 28.1 Å². The molecule has 0 atom stereocenters. The van der Waals surface area contributed by atoms with Crippen molar-refractivity contribution in [3.63, 3.8) is 0 Å². The maximum Gasteiger partial charge on any atom is 0.261 e. The largest absolute Gasteiger partial charge is 0.361 e. The molecular weight excluding hydrogens is 392 g/mol. The van der Waals surface area contributed by atoms with Crippen LogP contribution in [0.2, 0.25) is 5.02 Å². The van der Waals surface area contributed by atoms with Crippen molar-refractivity contribution >= 4 is 50.2 Å². The number of hydrogen-bond donors (Lipinski definition) is 1. The first-order valence-corrected chi connectivity index (χ1v) is 8.64. The Kier molecular flexibility index (Phi) is 3.70. The Morgan fingerprint density at radius 3 is 2.38 bits per heavy atom. The van der Waals surface area contributed by atoms with Crippen LogP contribution in [-0.4, -0.2) is 28.2 Å². The fourth-order valence-electron chi connectivity index (χ4n) is 3.09. The molecule has 1 N–H and O–H groups in total. The normalized spacial score (nSPS) is 13.8. The first-order chi connectivity index (χ1) is 11.6. The molecule has 0 aliphatic carbocycles. The second kappa shape index (κ2) is 5.76. The van der Waals surface area contributed by atoms with Crippen LogP contribution >= 0.6 is 27.5 Å². The second-order valence-electron chi connectivity index (χ2n) is 5.66. The minimum Gasteiger partial charge on any atom is -0.361 e. The van der Waals surface area contributed by atoms with Crippen molar-refractivity contribution in [3.8, 4) is 0 Å². The molecule has 1 aliphatic heterocycles. The highest BCUT2D eigenvalue weighted by Crippen LogP contribution is 2.33. The summed E-state index contributed by atoms with van der Waals surface area (Å²) in [7, 11) is 0. The van der Waals surface area contributed by atoms with Gasteiger partial charge in [-0.1, -0.05) is 23.7 Å². The topological polar surface area (TPSA) is 53.2 Å². The predicted molar refractivity (Wildman–Crippen MR) is 96.5 cm³/mol. The lowest BCUT2D eigenvalue weighted by molar-refractivity contribution is 0.0656. The molecule has 0 unspecified atom stereocenters. The lowest BCUT2D eigenvalue weighted by Crippen LogP contribution is -2.31. The number of carbonyl (C=O) groups excluding carboxylic acids is 2. The molecule has 0 radical (unpaired) electrons. The van der Waals surface area contributed by atoms with Gasteiger partial charge < -0.3 is 4.98 Å². The van der Waals surface area contributed by atoms with Gasteiger partial charge in [0.05, 0.1) is 16.1 Å². The SMILES string of the molecule is O=C1c2ccccc2C(=O)N1CCc1c[nH]c2ccc(Cl)c(Br)c12. The minimum atomic E-state index is -0.229. The highest BCUT2D eigenvalue weighted by molar-refractivity contribution is 9.10. The van der Waals surface area contributed by atoms with E-state index >= 15 is 0 Å². The van der Waals surface area contributed by atoms with Crippen molar-refractivity contribution in [1.82, 2.24) is 9.88 Å². The van der Waals surface area contributed by atoms with Crippen LogP contribution in [0.4, 0.5) is 0 Å². The molecule has 3 aromatic rings. The van der Waals surface area contributed by atoms with Crippen LogP contribution < -0.4 is 0 Å². The highest BCUT2D eigenvalue weighted by Gasteiger charge is 2.34. The Morgan fingerprint density at radius 1 is 1.04 bits per heavy atom. The number of fused-ring (bicyclic) bond motifs is 2. The molecule has 4 rings (SSSR count). The van der Waals surface area contributed by atoms with Gasteiger partial charge in [-0.25, -0.2) is 0 Å². The molecule has 0 fully saturated rings. The van der Waals surface area contributed by atoms with Crippen LogP contribution in [0.3, 0.4) is 0 Å². The molecule has 2 aromatic carbocycles. The number of amides is 2. The van der Waals surface area contributed by atoms with Gasteiger partial charge in [-0.2, -0.15) is 0 Å². The van der Waals surface area contributed by atoms with Gasteiger partial charge in [-0.05, 0) is 52.2 Å². The summed E-state index contributed by atoms with van der Waals surface area (Å²) in [6.45, 7) is 0.332. The molecule has 2 heterocycles. The molecule has 0 bridgehead atoms. The molecule has 1 aliphatic rings. The Hall–Kier alpha value is -2.11. The van der Waals surface area contributed by atoms with Gasteiger partial charge in [-0.15, -0.1) is 0 Å². The molecule has 120 valence electrons. The Labute approximate surface area is 151 Å². The molecule has 2 amide bonds. The quantitative estimate of drug-likeness (QED) is 0.658. The monoisotopic (exact) mass is 402 g/mol. The molecule has 0 saturated heterocycles. The van der Waals surface area contributed by atoms with E-state index < -0.39 is 0 Å². The van der Waals surface area contributed by atoms with E-state index in [-0.39, 0.29) is 11.8 Å². The van der Waals surface area contributed by atoms with Crippen LogP contribution in [0, 0.1) is 0 Å². The van der Waals surface area contributed by atoms with Crippen molar-refractivity contribution in [2.24, 2.45) is 0 Å². The number of imide groups is 1. The van der Waals surface area contributed by atoms with E-state index in [1.165, 1.54) is 4.90 Å². The van der Waals surface area contributed by atoms with Crippen LogP contribution in [0.25, 0.3) is 10.9 Å². The van der Waals surface area contributed by atoms with Crippen LogP contribution in [0.5, 0.6) is 0 Å². The fourth-order valence-corrected chi connectivity index (χ4v) is 3.85.